The van der Waals surface area contributed by atoms with Gasteiger partial charge >= 0.3 is 0 Å². The molecule has 0 amide bonds. The van der Waals surface area contributed by atoms with Crippen LogP contribution in [0.25, 0.3) is 0 Å². The SMILES string of the molecule is C=C1CC[C@H]2C(C=O)=CO[C@H](O[C@@H]3O[C@H](CO)[C@@H](O)[C@H](O)[C@H]3O)[C@@H]12. The van der Waals surface area contributed by atoms with Crippen LogP contribution in [0.15, 0.2) is 24.0 Å². The van der Waals surface area contributed by atoms with E-state index in [1.54, 1.807) is 0 Å². The molecule has 0 aromatic carbocycles. The van der Waals surface area contributed by atoms with Crippen molar-refractivity contribution in [2.45, 2.75) is 49.8 Å². The molecule has 8 atom stereocenters. The van der Waals surface area contributed by atoms with Gasteiger partial charge < -0.3 is 34.6 Å². The Kier molecular flexibility index (Phi) is 5.05. The first-order valence-corrected chi connectivity index (χ1v) is 7.92. The van der Waals surface area contributed by atoms with E-state index < -0.39 is 43.6 Å². The van der Waals surface area contributed by atoms with Crippen molar-refractivity contribution in [2.75, 3.05) is 6.61 Å². The Labute approximate surface area is 138 Å². The topological polar surface area (TPSA) is 126 Å². The normalized spacial score (nSPS) is 45.3. The smallest absolute Gasteiger partial charge is 0.208 e. The average Bonchev–Trinajstić information content (AvgIpc) is 2.98. The maximum Gasteiger partial charge on any atom is 0.208 e. The standard InChI is InChI=1S/C16H22O8/c1-7-2-3-9-8(4-17)6-22-15(11(7)9)24-16-14(21)13(20)12(19)10(5-18)23-16/h4,6,9-16,18-21H,1-3,5H2/t9-,10+,11-,12+,13-,14+,15+,16-/m0/s1. The van der Waals surface area contributed by atoms with Crippen LogP contribution in [-0.2, 0) is 19.0 Å². The highest BCUT2D eigenvalue weighted by Gasteiger charge is 2.48. The van der Waals surface area contributed by atoms with Gasteiger partial charge in [0.05, 0.1) is 12.9 Å². The van der Waals surface area contributed by atoms with Crippen molar-refractivity contribution in [3.05, 3.63) is 24.0 Å². The molecule has 1 aliphatic carbocycles. The number of carbonyl (C=O) groups is 1. The number of aliphatic hydroxyl groups is 4. The summed E-state index contributed by atoms with van der Waals surface area (Å²) in [5.74, 6) is -0.332. The quantitative estimate of drug-likeness (QED) is 0.372. The van der Waals surface area contributed by atoms with Crippen LogP contribution in [0.2, 0.25) is 0 Å². The highest BCUT2D eigenvalue weighted by molar-refractivity contribution is 5.74. The summed E-state index contributed by atoms with van der Waals surface area (Å²) in [5, 5.41) is 38.9. The second-order valence-electron chi connectivity index (χ2n) is 6.40. The molecule has 2 fully saturated rings. The van der Waals surface area contributed by atoms with Crippen LogP contribution >= 0.6 is 0 Å². The molecule has 0 spiro atoms. The first-order chi connectivity index (χ1) is 11.5. The Bertz CT molecular complexity index is 530. The van der Waals surface area contributed by atoms with E-state index >= 15 is 0 Å². The summed E-state index contributed by atoms with van der Waals surface area (Å²) in [5.41, 5.74) is 1.41. The fourth-order valence-corrected chi connectivity index (χ4v) is 3.59. The van der Waals surface area contributed by atoms with Gasteiger partial charge in [0, 0.05) is 17.4 Å². The second kappa shape index (κ2) is 6.91. The monoisotopic (exact) mass is 342 g/mol. The summed E-state index contributed by atoms with van der Waals surface area (Å²) in [6.07, 6.45) is -4.08. The van der Waals surface area contributed by atoms with E-state index in [1.807, 2.05) is 0 Å². The van der Waals surface area contributed by atoms with E-state index in [-0.39, 0.29) is 11.8 Å². The second-order valence-corrected chi connectivity index (χ2v) is 6.40. The van der Waals surface area contributed by atoms with Crippen molar-refractivity contribution < 1.29 is 39.4 Å². The number of fused-ring (bicyclic) bond motifs is 1. The largest absolute Gasteiger partial charge is 0.471 e. The van der Waals surface area contributed by atoms with Gasteiger partial charge in [-0.2, -0.15) is 0 Å². The van der Waals surface area contributed by atoms with Gasteiger partial charge in [-0.25, -0.2) is 0 Å². The third kappa shape index (κ3) is 2.90. The first-order valence-electron chi connectivity index (χ1n) is 7.92. The summed E-state index contributed by atoms with van der Waals surface area (Å²) in [7, 11) is 0. The molecule has 8 heteroatoms. The lowest BCUT2D eigenvalue weighted by molar-refractivity contribution is -0.339. The Balaban J connectivity index is 1.76. The lowest BCUT2D eigenvalue weighted by Gasteiger charge is -2.42. The lowest BCUT2D eigenvalue weighted by Crippen LogP contribution is -2.60. The zero-order valence-electron chi connectivity index (χ0n) is 13.0. The molecule has 134 valence electrons. The minimum Gasteiger partial charge on any atom is -0.471 e. The first kappa shape index (κ1) is 17.5. The molecule has 24 heavy (non-hydrogen) atoms. The summed E-state index contributed by atoms with van der Waals surface area (Å²) in [6, 6.07) is 0. The van der Waals surface area contributed by atoms with Gasteiger partial charge in [0.25, 0.3) is 0 Å². The van der Waals surface area contributed by atoms with Crippen molar-refractivity contribution >= 4 is 6.29 Å². The molecule has 1 saturated heterocycles. The van der Waals surface area contributed by atoms with E-state index in [4.69, 9.17) is 14.2 Å². The molecule has 0 radical (unpaired) electrons. The molecule has 8 nitrogen and oxygen atoms in total. The summed E-state index contributed by atoms with van der Waals surface area (Å²) in [4.78, 5) is 11.1. The summed E-state index contributed by atoms with van der Waals surface area (Å²) in [6.45, 7) is 3.45. The third-order valence-corrected chi connectivity index (χ3v) is 4.99. The molecule has 2 aliphatic heterocycles. The molecule has 0 aromatic heterocycles. The van der Waals surface area contributed by atoms with Gasteiger partial charge in [0.2, 0.25) is 6.29 Å². The van der Waals surface area contributed by atoms with Crippen LogP contribution in [0.5, 0.6) is 0 Å². The number of aliphatic hydroxyl groups excluding tert-OH is 4. The average molecular weight is 342 g/mol. The van der Waals surface area contributed by atoms with Crippen LogP contribution in [0.3, 0.4) is 0 Å². The number of allylic oxidation sites excluding steroid dienone is 1. The Hall–Kier alpha value is -1.29. The van der Waals surface area contributed by atoms with Crippen LogP contribution in [0, 0.1) is 11.8 Å². The van der Waals surface area contributed by atoms with Crippen LogP contribution < -0.4 is 0 Å². The molecule has 0 bridgehead atoms. The molecular formula is C16H22O8. The predicted octanol–water partition coefficient (Wildman–Crippen LogP) is -1.18. The fraction of sp³-hybridized carbons (Fsp3) is 0.688. The lowest BCUT2D eigenvalue weighted by atomic mass is 9.86. The molecular weight excluding hydrogens is 320 g/mol. The van der Waals surface area contributed by atoms with Gasteiger partial charge in [-0.05, 0) is 12.8 Å². The minimum atomic E-state index is -1.52. The van der Waals surface area contributed by atoms with E-state index in [0.29, 0.717) is 5.57 Å². The summed E-state index contributed by atoms with van der Waals surface area (Å²) < 4.78 is 16.5. The summed E-state index contributed by atoms with van der Waals surface area (Å²) >= 11 is 0. The Morgan fingerprint density at radius 2 is 2.00 bits per heavy atom. The zero-order valence-corrected chi connectivity index (χ0v) is 13.0. The number of hydrogen-bond donors (Lipinski definition) is 4. The van der Waals surface area contributed by atoms with Gasteiger partial charge in [-0.15, -0.1) is 0 Å². The zero-order chi connectivity index (χ0) is 17.4. The molecule has 3 rings (SSSR count). The van der Waals surface area contributed by atoms with Crippen molar-refractivity contribution in [2.24, 2.45) is 11.8 Å². The van der Waals surface area contributed by atoms with Crippen LogP contribution in [0.4, 0.5) is 0 Å². The minimum absolute atomic E-state index is 0.0707. The van der Waals surface area contributed by atoms with Crippen molar-refractivity contribution in [3.63, 3.8) is 0 Å². The van der Waals surface area contributed by atoms with Crippen molar-refractivity contribution in [3.8, 4) is 0 Å². The van der Waals surface area contributed by atoms with Crippen molar-refractivity contribution in [1.29, 1.82) is 0 Å². The molecule has 0 unspecified atom stereocenters. The number of carbonyl (C=O) groups excluding carboxylic acids is 1. The van der Waals surface area contributed by atoms with Gasteiger partial charge in [0.15, 0.2) is 6.29 Å². The molecule has 0 aromatic rings. The number of aldehydes is 1. The predicted molar refractivity (Wildman–Crippen MR) is 79.2 cm³/mol. The van der Waals surface area contributed by atoms with E-state index in [9.17, 15) is 25.2 Å². The number of ether oxygens (including phenoxy) is 3. The molecule has 4 N–H and O–H groups in total. The fourth-order valence-electron chi connectivity index (χ4n) is 3.59. The number of hydrogen-bond acceptors (Lipinski definition) is 8. The molecule has 2 heterocycles. The highest BCUT2D eigenvalue weighted by atomic mass is 16.8. The Morgan fingerprint density at radius 1 is 1.25 bits per heavy atom. The van der Waals surface area contributed by atoms with Gasteiger partial charge in [0.1, 0.15) is 30.7 Å². The maximum absolute atomic E-state index is 11.1. The van der Waals surface area contributed by atoms with E-state index in [2.05, 4.69) is 6.58 Å². The van der Waals surface area contributed by atoms with Crippen LogP contribution in [-0.4, -0.2) is 70.3 Å². The highest BCUT2D eigenvalue weighted by Crippen LogP contribution is 2.45. The van der Waals surface area contributed by atoms with Gasteiger partial charge in [-0.1, -0.05) is 12.2 Å². The molecule has 1 saturated carbocycles. The molecule has 3 aliphatic rings. The Morgan fingerprint density at radius 3 is 2.67 bits per heavy atom. The van der Waals surface area contributed by atoms with Crippen molar-refractivity contribution in [1.82, 2.24) is 0 Å². The number of rotatable bonds is 4. The van der Waals surface area contributed by atoms with Gasteiger partial charge in [-0.3, -0.25) is 4.79 Å². The van der Waals surface area contributed by atoms with Crippen LogP contribution in [0.1, 0.15) is 12.8 Å². The van der Waals surface area contributed by atoms with E-state index in [1.165, 1.54) is 6.26 Å². The third-order valence-electron chi connectivity index (χ3n) is 4.99. The maximum atomic E-state index is 11.1. The van der Waals surface area contributed by atoms with E-state index in [0.717, 1.165) is 24.7 Å².